The Balaban J connectivity index is 1.36. The number of ether oxygens (including phenoxy) is 1. The molecule has 2 unspecified atom stereocenters. The van der Waals surface area contributed by atoms with Crippen LogP contribution in [-0.4, -0.2) is 34.9 Å². The van der Waals surface area contributed by atoms with Crippen LogP contribution in [0.5, 0.6) is 0 Å². The summed E-state index contributed by atoms with van der Waals surface area (Å²) >= 11 is 0. The molecular weight excluding hydrogens is 486 g/mol. The van der Waals surface area contributed by atoms with Gasteiger partial charge in [0.05, 0.1) is 11.1 Å². The Morgan fingerprint density at radius 1 is 1.08 bits per heavy atom. The molecule has 39 heavy (non-hydrogen) atoms. The van der Waals surface area contributed by atoms with Crippen molar-refractivity contribution in [2.24, 2.45) is 11.8 Å². The summed E-state index contributed by atoms with van der Waals surface area (Å²) in [5, 5.41) is 4.17. The zero-order valence-corrected chi connectivity index (χ0v) is 23.5. The number of amides is 1. The molecule has 5 rings (SSSR count). The topological polar surface area (TPSA) is 94.3 Å². The molecule has 1 aromatic heterocycles. The average molecular weight is 528 g/mol. The van der Waals surface area contributed by atoms with Crippen molar-refractivity contribution in [2.75, 3.05) is 12.3 Å². The minimum atomic E-state index is -0.241. The predicted octanol–water partition coefficient (Wildman–Crippen LogP) is 6.50. The van der Waals surface area contributed by atoms with Crippen molar-refractivity contribution in [2.45, 2.75) is 83.8 Å². The monoisotopic (exact) mass is 527 g/mol. The van der Waals surface area contributed by atoms with Gasteiger partial charge in [0, 0.05) is 35.4 Å². The Morgan fingerprint density at radius 2 is 1.85 bits per heavy atom. The molecule has 2 heterocycles. The quantitative estimate of drug-likeness (QED) is 0.342. The number of benzene rings is 2. The van der Waals surface area contributed by atoms with Gasteiger partial charge >= 0.3 is 0 Å². The molecule has 2 aliphatic rings. The molecule has 6 nitrogen and oxygen atoms in total. The number of hydrogen-bond acceptors (Lipinski definition) is 5. The number of hydrogen-bond donors (Lipinski definition) is 2. The highest BCUT2D eigenvalue weighted by atomic mass is 16.5. The summed E-state index contributed by atoms with van der Waals surface area (Å²) in [4.78, 5) is 31.1. The van der Waals surface area contributed by atoms with Crippen LogP contribution in [0.3, 0.4) is 0 Å². The van der Waals surface area contributed by atoms with Gasteiger partial charge in [-0.2, -0.15) is 0 Å². The van der Waals surface area contributed by atoms with Crippen LogP contribution in [0.15, 0.2) is 48.5 Å². The van der Waals surface area contributed by atoms with E-state index in [0.717, 1.165) is 71.7 Å². The third kappa shape index (κ3) is 6.33. The molecule has 1 saturated carbocycles. The fraction of sp³-hybridized carbons (Fsp3) is 0.485. The minimum absolute atomic E-state index is 0.0288. The largest absolute Gasteiger partial charge is 0.383 e. The van der Waals surface area contributed by atoms with Crippen LogP contribution >= 0.6 is 0 Å². The van der Waals surface area contributed by atoms with Crippen molar-refractivity contribution in [3.8, 4) is 11.1 Å². The van der Waals surface area contributed by atoms with Crippen molar-refractivity contribution in [1.82, 2.24) is 10.3 Å². The minimum Gasteiger partial charge on any atom is -0.383 e. The van der Waals surface area contributed by atoms with Gasteiger partial charge in [0.25, 0.3) is 0 Å². The number of anilines is 1. The Morgan fingerprint density at radius 3 is 2.62 bits per heavy atom. The van der Waals surface area contributed by atoms with Crippen LogP contribution in [0.2, 0.25) is 0 Å². The first-order valence-corrected chi connectivity index (χ1v) is 14.5. The van der Waals surface area contributed by atoms with E-state index >= 15 is 0 Å². The number of fused-ring (bicyclic) bond motifs is 1. The average Bonchev–Trinajstić information content (AvgIpc) is 2.92. The molecular formula is C33H41N3O3. The molecule has 3 N–H and O–H groups in total. The molecule has 1 aliphatic carbocycles. The summed E-state index contributed by atoms with van der Waals surface area (Å²) in [6.07, 6.45) is 7.59. The number of carbonyl (C=O) groups is 2. The van der Waals surface area contributed by atoms with E-state index < -0.39 is 0 Å². The number of carbonyl (C=O) groups excluding carboxylic acids is 2. The molecule has 0 spiro atoms. The van der Waals surface area contributed by atoms with E-state index in [4.69, 9.17) is 10.5 Å². The summed E-state index contributed by atoms with van der Waals surface area (Å²) < 4.78 is 5.79. The van der Waals surface area contributed by atoms with E-state index in [1.165, 1.54) is 6.42 Å². The van der Waals surface area contributed by atoms with Crippen LogP contribution in [-0.2, 0) is 16.0 Å². The Hall–Kier alpha value is -3.25. The van der Waals surface area contributed by atoms with Gasteiger partial charge in [0.2, 0.25) is 5.91 Å². The van der Waals surface area contributed by atoms with Crippen molar-refractivity contribution >= 4 is 28.4 Å². The van der Waals surface area contributed by atoms with Gasteiger partial charge in [-0.3, -0.25) is 9.59 Å². The Labute approximate surface area is 231 Å². The van der Waals surface area contributed by atoms with E-state index in [0.29, 0.717) is 18.8 Å². The smallest absolute Gasteiger partial charge is 0.223 e. The second-order valence-corrected chi connectivity index (χ2v) is 12.1. The number of Topliss-reactive ketones (excluding diaryl/α,β-unsaturated/α-hetero) is 1. The van der Waals surface area contributed by atoms with Crippen molar-refractivity contribution < 1.29 is 14.3 Å². The van der Waals surface area contributed by atoms with E-state index in [1.54, 1.807) is 0 Å². The third-order valence-corrected chi connectivity index (χ3v) is 8.42. The summed E-state index contributed by atoms with van der Waals surface area (Å²) in [5.74, 6) is 0.619. The molecule has 1 saturated heterocycles. The maximum atomic E-state index is 13.4. The fourth-order valence-electron chi connectivity index (χ4n) is 6.22. The number of ketones is 1. The molecule has 0 bridgehead atoms. The lowest BCUT2D eigenvalue weighted by molar-refractivity contribution is -0.127. The van der Waals surface area contributed by atoms with Gasteiger partial charge in [0.15, 0.2) is 5.78 Å². The van der Waals surface area contributed by atoms with Crippen LogP contribution < -0.4 is 11.1 Å². The lowest BCUT2D eigenvalue weighted by Gasteiger charge is -2.36. The van der Waals surface area contributed by atoms with Gasteiger partial charge in [-0.1, -0.05) is 56.5 Å². The maximum absolute atomic E-state index is 13.4. The number of nitrogen functional groups attached to an aromatic ring is 1. The van der Waals surface area contributed by atoms with Crippen LogP contribution in [0.1, 0.15) is 81.6 Å². The zero-order chi connectivity index (χ0) is 27.6. The standard InChI is InChI=1S/C33H41N3O3/c1-21(32(38)35-26-15-16-39-33(2,3)20-26)17-25-19-24-18-23(13-14-29(24)36-31(25)34)27-11-7-8-12-28(27)30(37)22-9-5-4-6-10-22/h7-8,11-14,18-19,21-22,26H,4-6,9-10,15-17,20H2,1-3H3,(H2,34,36)(H,35,38). The van der Waals surface area contributed by atoms with Crippen molar-refractivity contribution in [3.05, 3.63) is 59.7 Å². The van der Waals surface area contributed by atoms with Gasteiger partial charge in [-0.25, -0.2) is 4.98 Å². The van der Waals surface area contributed by atoms with Gasteiger partial charge in [-0.15, -0.1) is 0 Å². The summed E-state index contributed by atoms with van der Waals surface area (Å²) in [6, 6.07) is 16.2. The normalized spacial score (nSPS) is 20.4. The maximum Gasteiger partial charge on any atom is 0.223 e. The number of pyridine rings is 1. The highest BCUT2D eigenvalue weighted by Gasteiger charge is 2.30. The third-order valence-electron chi connectivity index (χ3n) is 8.42. The second-order valence-electron chi connectivity index (χ2n) is 12.1. The van der Waals surface area contributed by atoms with Crippen LogP contribution in [0, 0.1) is 11.8 Å². The summed E-state index contributed by atoms with van der Waals surface area (Å²) in [5.41, 5.74) is 10.5. The molecule has 0 radical (unpaired) electrons. The lowest BCUT2D eigenvalue weighted by atomic mass is 9.82. The van der Waals surface area contributed by atoms with Crippen molar-refractivity contribution in [3.63, 3.8) is 0 Å². The SMILES string of the molecule is CC(Cc1cc2cc(-c3ccccc3C(=O)C3CCCCC3)ccc2nc1N)C(=O)NC1CCOC(C)(C)C1. The fourth-order valence-corrected chi connectivity index (χ4v) is 6.22. The molecule has 6 heteroatoms. The first kappa shape index (κ1) is 27.3. The molecule has 2 fully saturated rings. The first-order chi connectivity index (χ1) is 18.7. The molecule has 1 amide bonds. The van der Waals surface area contributed by atoms with E-state index in [-0.39, 0.29) is 35.2 Å². The molecule has 206 valence electrons. The molecule has 1 aliphatic heterocycles. The van der Waals surface area contributed by atoms with Crippen molar-refractivity contribution in [1.29, 1.82) is 0 Å². The van der Waals surface area contributed by atoms with Gasteiger partial charge < -0.3 is 15.8 Å². The number of rotatable bonds is 7. The van der Waals surface area contributed by atoms with E-state index in [9.17, 15) is 9.59 Å². The summed E-state index contributed by atoms with van der Waals surface area (Å²) in [7, 11) is 0. The highest BCUT2D eigenvalue weighted by molar-refractivity contribution is 6.04. The first-order valence-electron chi connectivity index (χ1n) is 14.5. The van der Waals surface area contributed by atoms with Gasteiger partial charge in [0.1, 0.15) is 5.82 Å². The Bertz CT molecular complexity index is 1360. The number of nitrogens with one attached hydrogen (secondary N) is 1. The second kappa shape index (κ2) is 11.5. The lowest BCUT2D eigenvalue weighted by Crippen LogP contribution is -2.47. The molecule has 2 aromatic carbocycles. The highest BCUT2D eigenvalue weighted by Crippen LogP contribution is 2.33. The Kier molecular flexibility index (Phi) is 8.03. The molecule has 2 atom stereocenters. The van der Waals surface area contributed by atoms with E-state index in [1.807, 2.05) is 49.4 Å². The van der Waals surface area contributed by atoms with Gasteiger partial charge in [-0.05, 0) is 80.8 Å². The number of nitrogens with zero attached hydrogens (tertiary/aromatic N) is 1. The number of aromatic nitrogens is 1. The molecule has 3 aromatic rings. The van der Waals surface area contributed by atoms with Crippen LogP contribution in [0.25, 0.3) is 22.0 Å². The van der Waals surface area contributed by atoms with Crippen LogP contribution in [0.4, 0.5) is 5.82 Å². The predicted molar refractivity (Wildman–Crippen MR) is 157 cm³/mol. The summed E-state index contributed by atoms with van der Waals surface area (Å²) in [6.45, 7) is 6.72. The zero-order valence-electron chi connectivity index (χ0n) is 23.5. The number of nitrogens with two attached hydrogens (primary N) is 1. The van der Waals surface area contributed by atoms with E-state index in [2.05, 4.69) is 30.2 Å².